The lowest BCUT2D eigenvalue weighted by Crippen LogP contribution is -1.91. The van der Waals surface area contributed by atoms with E-state index in [9.17, 15) is 5.11 Å². The van der Waals surface area contributed by atoms with E-state index in [4.69, 9.17) is 9.47 Å². The quantitative estimate of drug-likeness (QED) is 0.899. The highest BCUT2D eigenvalue weighted by Gasteiger charge is 2.08. The summed E-state index contributed by atoms with van der Waals surface area (Å²) in [5, 5.41) is 9.42. The van der Waals surface area contributed by atoms with Crippen LogP contribution in [0.15, 0.2) is 36.4 Å². The van der Waals surface area contributed by atoms with Gasteiger partial charge in [0.2, 0.25) is 0 Å². The van der Waals surface area contributed by atoms with E-state index >= 15 is 0 Å². The zero-order chi connectivity index (χ0) is 13.1. The Bertz CT molecular complexity index is 562. The SMILES string of the molecule is COc1ccc(-c2ccc(O)cc2C)cc1OC. The molecule has 0 radical (unpaired) electrons. The molecule has 0 spiro atoms. The molecule has 2 rings (SSSR count). The first-order valence-electron chi connectivity index (χ1n) is 5.67. The number of phenolic OH excluding ortho intramolecular Hbond substituents is 1. The van der Waals surface area contributed by atoms with E-state index in [-0.39, 0.29) is 5.75 Å². The van der Waals surface area contributed by atoms with Gasteiger partial charge in [-0.1, -0.05) is 12.1 Å². The number of aryl methyl sites for hydroxylation is 1. The number of hydrogen-bond acceptors (Lipinski definition) is 3. The van der Waals surface area contributed by atoms with Crippen molar-refractivity contribution in [2.24, 2.45) is 0 Å². The molecule has 94 valence electrons. The number of rotatable bonds is 3. The van der Waals surface area contributed by atoms with Crippen LogP contribution in [0.2, 0.25) is 0 Å². The fourth-order valence-electron chi connectivity index (χ4n) is 1.98. The van der Waals surface area contributed by atoms with Crippen molar-refractivity contribution >= 4 is 0 Å². The summed E-state index contributed by atoms with van der Waals surface area (Å²) in [7, 11) is 3.23. The first-order chi connectivity index (χ1) is 8.65. The van der Waals surface area contributed by atoms with E-state index in [1.165, 1.54) is 0 Å². The van der Waals surface area contributed by atoms with Crippen LogP contribution < -0.4 is 9.47 Å². The monoisotopic (exact) mass is 244 g/mol. The van der Waals surface area contributed by atoms with Crippen molar-refractivity contribution in [2.75, 3.05) is 14.2 Å². The van der Waals surface area contributed by atoms with E-state index in [0.29, 0.717) is 11.5 Å². The zero-order valence-corrected chi connectivity index (χ0v) is 10.7. The van der Waals surface area contributed by atoms with Crippen molar-refractivity contribution in [3.8, 4) is 28.4 Å². The average molecular weight is 244 g/mol. The molecule has 0 saturated heterocycles. The highest BCUT2D eigenvalue weighted by molar-refractivity contribution is 5.70. The Morgan fingerprint density at radius 1 is 0.889 bits per heavy atom. The van der Waals surface area contributed by atoms with Crippen LogP contribution in [0.4, 0.5) is 0 Å². The Labute approximate surface area is 107 Å². The Morgan fingerprint density at radius 3 is 2.22 bits per heavy atom. The Hall–Kier alpha value is -2.16. The molecule has 0 amide bonds. The van der Waals surface area contributed by atoms with E-state index < -0.39 is 0 Å². The summed E-state index contributed by atoms with van der Waals surface area (Å²) in [4.78, 5) is 0. The third-order valence-corrected chi connectivity index (χ3v) is 2.90. The van der Waals surface area contributed by atoms with Crippen molar-refractivity contribution in [3.05, 3.63) is 42.0 Å². The van der Waals surface area contributed by atoms with Crippen LogP contribution in [-0.2, 0) is 0 Å². The summed E-state index contributed by atoms with van der Waals surface area (Å²) in [5.41, 5.74) is 3.11. The molecular formula is C15H16O3. The molecule has 0 saturated carbocycles. The lowest BCUT2D eigenvalue weighted by atomic mass is 10.00. The molecule has 2 aromatic carbocycles. The third kappa shape index (κ3) is 2.25. The van der Waals surface area contributed by atoms with E-state index in [1.807, 2.05) is 31.2 Å². The Balaban J connectivity index is 2.51. The highest BCUT2D eigenvalue weighted by Crippen LogP contribution is 2.34. The molecule has 18 heavy (non-hydrogen) atoms. The van der Waals surface area contributed by atoms with Crippen LogP contribution in [0.25, 0.3) is 11.1 Å². The Morgan fingerprint density at radius 2 is 1.61 bits per heavy atom. The number of aromatic hydroxyl groups is 1. The summed E-state index contributed by atoms with van der Waals surface area (Å²) in [6.07, 6.45) is 0. The molecule has 0 unspecified atom stereocenters. The molecule has 3 heteroatoms. The maximum atomic E-state index is 9.42. The van der Waals surface area contributed by atoms with Gasteiger partial charge in [-0.25, -0.2) is 0 Å². The summed E-state index contributed by atoms with van der Waals surface area (Å²) in [5.74, 6) is 1.68. The maximum Gasteiger partial charge on any atom is 0.161 e. The fourth-order valence-corrected chi connectivity index (χ4v) is 1.98. The predicted octanol–water partition coefficient (Wildman–Crippen LogP) is 3.38. The van der Waals surface area contributed by atoms with Crippen LogP contribution in [0.3, 0.4) is 0 Å². The van der Waals surface area contributed by atoms with Gasteiger partial charge in [-0.3, -0.25) is 0 Å². The standard InChI is InChI=1S/C15H16O3/c1-10-8-12(16)5-6-13(10)11-4-7-14(17-2)15(9-11)18-3/h4-9,16H,1-3H3. The van der Waals surface area contributed by atoms with Crippen LogP contribution in [0.5, 0.6) is 17.2 Å². The molecule has 0 atom stereocenters. The average Bonchev–Trinajstić information content (AvgIpc) is 2.38. The molecule has 0 fully saturated rings. The second-order valence-corrected chi connectivity index (χ2v) is 4.07. The van der Waals surface area contributed by atoms with Crippen LogP contribution in [0, 0.1) is 6.92 Å². The van der Waals surface area contributed by atoms with Crippen LogP contribution in [-0.4, -0.2) is 19.3 Å². The minimum absolute atomic E-state index is 0.275. The van der Waals surface area contributed by atoms with Crippen molar-refractivity contribution in [3.63, 3.8) is 0 Å². The van der Waals surface area contributed by atoms with Gasteiger partial charge in [-0.2, -0.15) is 0 Å². The number of benzene rings is 2. The second kappa shape index (κ2) is 5.00. The third-order valence-electron chi connectivity index (χ3n) is 2.90. The second-order valence-electron chi connectivity index (χ2n) is 4.07. The van der Waals surface area contributed by atoms with Crippen LogP contribution in [0.1, 0.15) is 5.56 Å². The summed E-state index contributed by atoms with van der Waals surface area (Å²) in [6.45, 7) is 1.96. The summed E-state index contributed by atoms with van der Waals surface area (Å²) in [6, 6.07) is 11.1. The molecule has 0 aromatic heterocycles. The van der Waals surface area contributed by atoms with Crippen LogP contribution >= 0.6 is 0 Å². The lowest BCUT2D eigenvalue weighted by molar-refractivity contribution is 0.355. The lowest BCUT2D eigenvalue weighted by Gasteiger charge is -2.11. The van der Waals surface area contributed by atoms with Gasteiger partial charge in [0.25, 0.3) is 0 Å². The van der Waals surface area contributed by atoms with Crippen molar-refractivity contribution in [1.82, 2.24) is 0 Å². The van der Waals surface area contributed by atoms with E-state index in [0.717, 1.165) is 16.7 Å². The molecule has 0 aliphatic heterocycles. The van der Waals surface area contributed by atoms with Crippen molar-refractivity contribution < 1.29 is 14.6 Å². The van der Waals surface area contributed by atoms with Gasteiger partial charge >= 0.3 is 0 Å². The molecule has 0 aliphatic carbocycles. The molecule has 0 heterocycles. The van der Waals surface area contributed by atoms with Crippen molar-refractivity contribution in [1.29, 1.82) is 0 Å². The molecule has 0 aliphatic rings. The maximum absolute atomic E-state index is 9.42. The minimum atomic E-state index is 0.275. The number of methoxy groups -OCH3 is 2. The first kappa shape index (κ1) is 12.3. The van der Waals surface area contributed by atoms with Crippen molar-refractivity contribution in [2.45, 2.75) is 6.92 Å². The number of hydrogen-bond donors (Lipinski definition) is 1. The minimum Gasteiger partial charge on any atom is -0.508 e. The van der Waals surface area contributed by atoms with Gasteiger partial charge in [-0.05, 0) is 47.9 Å². The normalized spacial score (nSPS) is 10.2. The molecular weight excluding hydrogens is 228 g/mol. The summed E-state index contributed by atoms with van der Waals surface area (Å²) < 4.78 is 10.5. The highest BCUT2D eigenvalue weighted by atomic mass is 16.5. The number of phenols is 1. The van der Waals surface area contributed by atoms with Gasteiger partial charge in [0.1, 0.15) is 5.75 Å². The predicted molar refractivity (Wildman–Crippen MR) is 71.4 cm³/mol. The van der Waals surface area contributed by atoms with E-state index in [1.54, 1.807) is 26.4 Å². The fraction of sp³-hybridized carbons (Fsp3) is 0.200. The van der Waals surface area contributed by atoms with Gasteiger partial charge in [-0.15, -0.1) is 0 Å². The summed E-state index contributed by atoms with van der Waals surface area (Å²) >= 11 is 0. The zero-order valence-electron chi connectivity index (χ0n) is 10.7. The van der Waals surface area contributed by atoms with Gasteiger partial charge < -0.3 is 14.6 Å². The molecule has 0 bridgehead atoms. The van der Waals surface area contributed by atoms with Gasteiger partial charge in [0.05, 0.1) is 14.2 Å². The largest absolute Gasteiger partial charge is 0.508 e. The van der Waals surface area contributed by atoms with Gasteiger partial charge in [0.15, 0.2) is 11.5 Å². The first-order valence-corrected chi connectivity index (χ1v) is 5.67. The van der Waals surface area contributed by atoms with E-state index in [2.05, 4.69) is 0 Å². The Kier molecular flexibility index (Phi) is 3.42. The molecule has 1 N–H and O–H groups in total. The van der Waals surface area contributed by atoms with Gasteiger partial charge in [0, 0.05) is 0 Å². The molecule has 3 nitrogen and oxygen atoms in total. The smallest absolute Gasteiger partial charge is 0.161 e. The molecule has 2 aromatic rings. The topological polar surface area (TPSA) is 38.7 Å². The number of ether oxygens (including phenoxy) is 2.